The molecule has 1 heterocycles. The molecular formula is C16H30N2O2. The fraction of sp³-hybridized carbons (Fsp3) is 0.938. The third kappa shape index (κ3) is 3.46. The van der Waals surface area contributed by atoms with Crippen LogP contribution in [0.25, 0.3) is 0 Å². The minimum absolute atomic E-state index is 0.161. The molecule has 0 bridgehead atoms. The van der Waals surface area contributed by atoms with Crippen molar-refractivity contribution >= 4 is 6.09 Å². The number of hydrogen-bond acceptors (Lipinski definition) is 3. The summed E-state index contributed by atoms with van der Waals surface area (Å²) in [7, 11) is 0. The highest BCUT2D eigenvalue weighted by atomic mass is 16.6. The molecule has 0 radical (unpaired) electrons. The van der Waals surface area contributed by atoms with Crippen molar-refractivity contribution in [1.29, 1.82) is 0 Å². The molecule has 1 aliphatic heterocycles. The number of amides is 1. The van der Waals surface area contributed by atoms with E-state index in [1.807, 2.05) is 25.7 Å². The van der Waals surface area contributed by atoms with Crippen molar-refractivity contribution < 1.29 is 9.53 Å². The molecule has 1 saturated carbocycles. The fourth-order valence-corrected chi connectivity index (χ4v) is 3.80. The van der Waals surface area contributed by atoms with Crippen LogP contribution in [-0.4, -0.2) is 36.2 Å². The molecule has 2 fully saturated rings. The average Bonchev–Trinajstić information content (AvgIpc) is 3.07. The molecular weight excluding hydrogens is 252 g/mol. The first kappa shape index (κ1) is 15.6. The van der Waals surface area contributed by atoms with Crippen LogP contribution in [-0.2, 0) is 4.74 Å². The summed E-state index contributed by atoms with van der Waals surface area (Å²) < 4.78 is 5.48. The number of carbonyl (C=O) groups is 1. The Kier molecular flexibility index (Phi) is 4.33. The van der Waals surface area contributed by atoms with Crippen LogP contribution in [0.3, 0.4) is 0 Å². The van der Waals surface area contributed by atoms with Crippen LogP contribution in [0.1, 0.15) is 53.4 Å². The lowest BCUT2D eigenvalue weighted by molar-refractivity contribution is 0.00453. The van der Waals surface area contributed by atoms with E-state index < -0.39 is 5.60 Å². The van der Waals surface area contributed by atoms with Crippen LogP contribution >= 0.6 is 0 Å². The highest BCUT2D eigenvalue weighted by Crippen LogP contribution is 2.58. The van der Waals surface area contributed by atoms with Gasteiger partial charge in [0.05, 0.1) is 0 Å². The van der Waals surface area contributed by atoms with Crippen LogP contribution in [0.2, 0.25) is 0 Å². The Labute approximate surface area is 123 Å². The Morgan fingerprint density at radius 1 is 1.40 bits per heavy atom. The van der Waals surface area contributed by atoms with Gasteiger partial charge in [-0.25, -0.2) is 4.79 Å². The van der Waals surface area contributed by atoms with Gasteiger partial charge in [0.15, 0.2) is 0 Å². The van der Waals surface area contributed by atoms with E-state index in [-0.39, 0.29) is 6.09 Å². The van der Waals surface area contributed by atoms with Crippen molar-refractivity contribution in [3.63, 3.8) is 0 Å². The molecule has 2 rings (SSSR count). The second kappa shape index (κ2) is 5.55. The second-order valence-electron chi connectivity index (χ2n) is 7.70. The van der Waals surface area contributed by atoms with E-state index in [0.717, 1.165) is 38.4 Å². The Bertz CT molecular complexity index is 358. The Hall–Kier alpha value is -0.770. The molecule has 1 amide bonds. The normalized spacial score (nSPS) is 29.1. The zero-order chi connectivity index (χ0) is 15.0. The van der Waals surface area contributed by atoms with Crippen LogP contribution < -0.4 is 5.73 Å². The minimum Gasteiger partial charge on any atom is -0.444 e. The van der Waals surface area contributed by atoms with E-state index in [4.69, 9.17) is 10.5 Å². The third-order valence-corrected chi connectivity index (χ3v) is 4.88. The molecule has 4 heteroatoms. The summed E-state index contributed by atoms with van der Waals surface area (Å²) in [4.78, 5) is 14.0. The van der Waals surface area contributed by atoms with E-state index in [0.29, 0.717) is 11.3 Å². The predicted molar refractivity (Wildman–Crippen MR) is 80.4 cm³/mol. The van der Waals surface area contributed by atoms with Gasteiger partial charge < -0.3 is 15.4 Å². The molecule has 0 aromatic carbocycles. The van der Waals surface area contributed by atoms with Gasteiger partial charge in [0.25, 0.3) is 0 Å². The largest absolute Gasteiger partial charge is 0.444 e. The first-order valence-corrected chi connectivity index (χ1v) is 7.95. The van der Waals surface area contributed by atoms with Gasteiger partial charge >= 0.3 is 6.09 Å². The highest BCUT2D eigenvalue weighted by Gasteiger charge is 2.51. The first-order valence-electron chi connectivity index (χ1n) is 7.95. The summed E-state index contributed by atoms with van der Waals surface area (Å²) in [6, 6.07) is 0. The number of rotatable bonds is 3. The maximum absolute atomic E-state index is 12.1. The van der Waals surface area contributed by atoms with Gasteiger partial charge in [0.1, 0.15) is 5.60 Å². The molecule has 20 heavy (non-hydrogen) atoms. The van der Waals surface area contributed by atoms with Crippen LogP contribution in [0.5, 0.6) is 0 Å². The summed E-state index contributed by atoms with van der Waals surface area (Å²) in [6.07, 6.45) is 4.73. The maximum Gasteiger partial charge on any atom is 0.410 e. The van der Waals surface area contributed by atoms with Gasteiger partial charge in [0, 0.05) is 13.1 Å². The van der Waals surface area contributed by atoms with Crippen molar-refractivity contribution in [1.82, 2.24) is 4.90 Å². The number of nitrogens with zero attached hydrogens (tertiary/aromatic N) is 1. The number of nitrogens with two attached hydrogens (primary N) is 1. The third-order valence-electron chi connectivity index (χ3n) is 4.88. The van der Waals surface area contributed by atoms with E-state index in [1.54, 1.807) is 0 Å². The van der Waals surface area contributed by atoms with Crippen molar-refractivity contribution in [2.45, 2.75) is 59.0 Å². The molecule has 0 aromatic rings. The minimum atomic E-state index is -0.408. The molecule has 1 saturated heterocycles. The van der Waals surface area contributed by atoms with Gasteiger partial charge in [0.2, 0.25) is 0 Å². The number of likely N-dealkylation sites (tertiary alicyclic amines) is 1. The summed E-state index contributed by atoms with van der Waals surface area (Å²) in [6.45, 7) is 10.5. The van der Waals surface area contributed by atoms with E-state index in [9.17, 15) is 4.79 Å². The molecule has 0 spiro atoms. The first-order chi connectivity index (χ1) is 9.27. The van der Waals surface area contributed by atoms with Crippen molar-refractivity contribution in [3.05, 3.63) is 0 Å². The monoisotopic (exact) mass is 282 g/mol. The fourth-order valence-electron chi connectivity index (χ4n) is 3.80. The Balaban J connectivity index is 1.91. The molecule has 2 N–H and O–H groups in total. The number of hydrogen-bond donors (Lipinski definition) is 1. The molecule has 1 aliphatic carbocycles. The summed E-state index contributed by atoms with van der Waals surface area (Å²) in [5, 5.41) is 0. The molecule has 2 aliphatic rings. The SMILES string of the molecule is CC1CN(C(=O)OC(C)(C)C)CCC1C1(CCN)CC1. The molecule has 4 nitrogen and oxygen atoms in total. The molecule has 0 aromatic heterocycles. The van der Waals surface area contributed by atoms with Gasteiger partial charge in [-0.3, -0.25) is 0 Å². The van der Waals surface area contributed by atoms with Crippen molar-refractivity contribution in [3.8, 4) is 0 Å². The molecule has 2 atom stereocenters. The lowest BCUT2D eigenvalue weighted by Crippen LogP contribution is -2.47. The molecule has 116 valence electrons. The smallest absolute Gasteiger partial charge is 0.410 e. The maximum atomic E-state index is 12.1. The second-order valence-corrected chi connectivity index (χ2v) is 7.70. The standard InChI is InChI=1S/C16H30N2O2/c1-12-11-18(14(19)20-15(2,3)4)10-5-13(12)16(6-7-16)8-9-17/h12-13H,5-11,17H2,1-4H3. The van der Waals surface area contributed by atoms with E-state index >= 15 is 0 Å². The zero-order valence-corrected chi connectivity index (χ0v) is 13.4. The Morgan fingerprint density at radius 3 is 2.50 bits per heavy atom. The summed E-state index contributed by atoms with van der Waals surface area (Å²) >= 11 is 0. The van der Waals surface area contributed by atoms with Crippen molar-refractivity contribution in [2.75, 3.05) is 19.6 Å². The van der Waals surface area contributed by atoms with Crippen LogP contribution in [0, 0.1) is 17.3 Å². The number of ether oxygens (including phenoxy) is 1. The van der Waals surface area contributed by atoms with Gasteiger partial charge in [-0.15, -0.1) is 0 Å². The van der Waals surface area contributed by atoms with E-state index in [1.165, 1.54) is 12.8 Å². The lowest BCUT2D eigenvalue weighted by Gasteiger charge is -2.41. The van der Waals surface area contributed by atoms with Gasteiger partial charge in [-0.1, -0.05) is 6.92 Å². The van der Waals surface area contributed by atoms with E-state index in [2.05, 4.69) is 6.92 Å². The van der Waals surface area contributed by atoms with Crippen LogP contribution in [0.15, 0.2) is 0 Å². The number of piperidine rings is 1. The van der Waals surface area contributed by atoms with Crippen LogP contribution in [0.4, 0.5) is 4.79 Å². The topological polar surface area (TPSA) is 55.6 Å². The Morgan fingerprint density at radius 2 is 2.05 bits per heavy atom. The summed E-state index contributed by atoms with van der Waals surface area (Å²) in [5.41, 5.74) is 5.85. The lowest BCUT2D eigenvalue weighted by atomic mass is 9.74. The zero-order valence-electron chi connectivity index (χ0n) is 13.4. The summed E-state index contributed by atoms with van der Waals surface area (Å²) in [5.74, 6) is 1.27. The average molecular weight is 282 g/mol. The predicted octanol–water partition coefficient (Wildman–Crippen LogP) is 3.01. The van der Waals surface area contributed by atoms with Crippen molar-refractivity contribution in [2.24, 2.45) is 23.0 Å². The quantitative estimate of drug-likeness (QED) is 0.865. The van der Waals surface area contributed by atoms with Gasteiger partial charge in [-0.2, -0.15) is 0 Å². The highest BCUT2D eigenvalue weighted by molar-refractivity contribution is 5.68. The molecule has 2 unspecified atom stereocenters. The van der Waals surface area contributed by atoms with Gasteiger partial charge in [-0.05, 0) is 70.3 Å². The number of carbonyl (C=O) groups excluding carboxylic acids is 1.